The predicted molar refractivity (Wildman–Crippen MR) is 64.6 cm³/mol. The number of carbonyl (C=O) groups excluding carboxylic acids is 2. The summed E-state index contributed by atoms with van der Waals surface area (Å²) in [4.78, 5) is 26.3. The lowest BCUT2D eigenvalue weighted by molar-refractivity contribution is -0.142. The van der Waals surface area contributed by atoms with E-state index in [1.54, 1.807) is 0 Å². The Balaban J connectivity index is 1.91. The minimum Gasteiger partial charge on any atom is -0.351 e. The molecular weight excluding hydrogens is 256 g/mol. The van der Waals surface area contributed by atoms with E-state index in [1.165, 1.54) is 9.80 Å². The van der Waals surface area contributed by atoms with Crippen LogP contribution in [0.4, 0.5) is 13.6 Å². The molecule has 0 aromatic heterocycles. The Morgan fingerprint density at radius 2 is 1.74 bits per heavy atom. The van der Waals surface area contributed by atoms with Gasteiger partial charge in [-0.1, -0.05) is 0 Å². The quantitative estimate of drug-likeness (QED) is 0.777. The number of urea groups is 1. The van der Waals surface area contributed by atoms with Gasteiger partial charge in [-0.3, -0.25) is 4.79 Å². The van der Waals surface area contributed by atoms with Gasteiger partial charge in [0.25, 0.3) is 5.92 Å². The van der Waals surface area contributed by atoms with Crippen molar-refractivity contribution in [3.63, 3.8) is 0 Å². The van der Waals surface area contributed by atoms with Gasteiger partial charge in [0.2, 0.25) is 5.91 Å². The number of halogens is 2. The largest absolute Gasteiger partial charge is 0.351 e. The molecule has 2 fully saturated rings. The fraction of sp³-hybridized carbons (Fsp3) is 0.833. The van der Waals surface area contributed by atoms with E-state index in [0.717, 1.165) is 6.42 Å². The van der Waals surface area contributed by atoms with Crippen molar-refractivity contribution in [1.82, 2.24) is 9.80 Å². The summed E-state index contributed by atoms with van der Waals surface area (Å²) in [6.07, 6.45) is 0.870. The van der Waals surface area contributed by atoms with Crippen LogP contribution in [0.1, 0.15) is 25.7 Å². The number of amides is 3. The Morgan fingerprint density at radius 3 is 2.32 bits per heavy atom. The number of carbonyl (C=O) groups is 2. The van der Waals surface area contributed by atoms with Crippen LogP contribution in [0.3, 0.4) is 0 Å². The van der Waals surface area contributed by atoms with E-state index in [-0.39, 0.29) is 37.8 Å². The molecule has 7 heteroatoms. The molecule has 0 aromatic rings. The van der Waals surface area contributed by atoms with E-state index in [9.17, 15) is 18.4 Å². The summed E-state index contributed by atoms with van der Waals surface area (Å²) in [5.74, 6) is -3.07. The highest BCUT2D eigenvalue weighted by molar-refractivity contribution is 5.80. The third kappa shape index (κ3) is 3.33. The molecule has 0 saturated carbocycles. The Morgan fingerprint density at radius 1 is 1.11 bits per heavy atom. The average Bonchev–Trinajstić information content (AvgIpc) is 2.38. The van der Waals surface area contributed by atoms with Crippen LogP contribution in [0.15, 0.2) is 0 Å². The number of piperidine rings is 2. The van der Waals surface area contributed by atoms with Crippen LogP contribution in [-0.4, -0.2) is 53.8 Å². The lowest BCUT2D eigenvalue weighted by Crippen LogP contribution is -2.50. The van der Waals surface area contributed by atoms with E-state index < -0.39 is 12.0 Å². The van der Waals surface area contributed by atoms with Gasteiger partial charge in [-0.15, -0.1) is 0 Å². The van der Waals surface area contributed by atoms with Gasteiger partial charge in [0.15, 0.2) is 0 Å². The molecule has 0 aliphatic carbocycles. The third-order valence-electron chi connectivity index (χ3n) is 3.89. The van der Waals surface area contributed by atoms with E-state index >= 15 is 0 Å². The Kier molecular flexibility index (Phi) is 3.91. The van der Waals surface area contributed by atoms with E-state index in [4.69, 9.17) is 5.73 Å². The summed E-state index contributed by atoms with van der Waals surface area (Å²) in [6, 6.07) is -0.525. The molecule has 0 bridgehead atoms. The van der Waals surface area contributed by atoms with Crippen LogP contribution in [0, 0.1) is 5.92 Å². The number of nitrogens with zero attached hydrogens (tertiary/aromatic N) is 2. The molecule has 0 spiro atoms. The van der Waals surface area contributed by atoms with Gasteiger partial charge in [0.05, 0.1) is 5.92 Å². The first kappa shape index (κ1) is 14.0. The summed E-state index contributed by atoms with van der Waals surface area (Å²) in [5.41, 5.74) is 5.21. The number of hydrogen-bond donors (Lipinski definition) is 1. The molecular formula is C12H19F2N3O2. The number of primary amides is 1. The molecule has 2 N–H and O–H groups in total. The monoisotopic (exact) mass is 275 g/mol. The number of rotatable bonds is 1. The maximum Gasteiger partial charge on any atom is 0.314 e. The number of hydrogen-bond acceptors (Lipinski definition) is 2. The van der Waals surface area contributed by atoms with Gasteiger partial charge >= 0.3 is 6.03 Å². The van der Waals surface area contributed by atoms with Gasteiger partial charge in [-0.2, -0.15) is 0 Å². The highest BCUT2D eigenvalue weighted by Crippen LogP contribution is 2.29. The van der Waals surface area contributed by atoms with E-state index in [0.29, 0.717) is 19.5 Å². The van der Waals surface area contributed by atoms with E-state index in [2.05, 4.69) is 0 Å². The Hall–Kier alpha value is -1.40. The van der Waals surface area contributed by atoms with Crippen LogP contribution in [-0.2, 0) is 4.79 Å². The molecule has 2 aliphatic heterocycles. The van der Waals surface area contributed by atoms with Crippen LogP contribution >= 0.6 is 0 Å². The van der Waals surface area contributed by atoms with Crippen molar-refractivity contribution in [2.75, 3.05) is 26.2 Å². The number of alkyl halides is 2. The lowest BCUT2D eigenvalue weighted by Gasteiger charge is -2.37. The van der Waals surface area contributed by atoms with Crippen molar-refractivity contribution in [2.24, 2.45) is 11.7 Å². The summed E-state index contributed by atoms with van der Waals surface area (Å²) in [6.45, 7) is 1.07. The lowest BCUT2D eigenvalue weighted by atomic mass is 9.95. The highest BCUT2D eigenvalue weighted by atomic mass is 19.3. The van der Waals surface area contributed by atoms with Crippen LogP contribution in [0.25, 0.3) is 0 Å². The van der Waals surface area contributed by atoms with Crippen molar-refractivity contribution in [1.29, 1.82) is 0 Å². The summed E-state index contributed by atoms with van der Waals surface area (Å²) in [5, 5.41) is 0. The molecule has 5 nitrogen and oxygen atoms in total. The zero-order chi connectivity index (χ0) is 14.0. The molecule has 1 unspecified atom stereocenters. The maximum atomic E-state index is 13.0. The SMILES string of the molecule is NC(=O)N1CCCC(C(=O)N2CCC(F)(F)CC2)C1. The molecule has 0 aromatic carbocycles. The molecule has 2 heterocycles. The van der Waals surface area contributed by atoms with Crippen molar-refractivity contribution in [3.8, 4) is 0 Å². The second-order valence-electron chi connectivity index (χ2n) is 5.30. The molecule has 2 saturated heterocycles. The molecule has 0 radical (unpaired) electrons. The molecule has 19 heavy (non-hydrogen) atoms. The first-order valence-corrected chi connectivity index (χ1v) is 6.60. The Labute approximate surface area is 110 Å². The van der Waals surface area contributed by atoms with Gasteiger partial charge in [-0.25, -0.2) is 13.6 Å². The van der Waals surface area contributed by atoms with Gasteiger partial charge < -0.3 is 15.5 Å². The van der Waals surface area contributed by atoms with Crippen LogP contribution in [0.5, 0.6) is 0 Å². The maximum absolute atomic E-state index is 13.0. The molecule has 2 rings (SSSR count). The Bertz CT molecular complexity index is 366. The van der Waals surface area contributed by atoms with Gasteiger partial charge in [-0.05, 0) is 12.8 Å². The zero-order valence-electron chi connectivity index (χ0n) is 10.8. The number of nitrogens with two attached hydrogens (primary N) is 1. The van der Waals surface area contributed by atoms with E-state index in [1.807, 2.05) is 0 Å². The summed E-state index contributed by atoms with van der Waals surface area (Å²) >= 11 is 0. The molecule has 1 atom stereocenters. The highest BCUT2D eigenvalue weighted by Gasteiger charge is 2.38. The van der Waals surface area contributed by atoms with Gasteiger partial charge in [0, 0.05) is 39.0 Å². The topological polar surface area (TPSA) is 66.6 Å². The molecule has 3 amide bonds. The third-order valence-corrected chi connectivity index (χ3v) is 3.89. The minimum atomic E-state index is -2.65. The second-order valence-corrected chi connectivity index (χ2v) is 5.30. The fourth-order valence-electron chi connectivity index (χ4n) is 2.69. The predicted octanol–water partition coefficient (Wildman–Crippen LogP) is 1.03. The minimum absolute atomic E-state index is 0.0961. The smallest absolute Gasteiger partial charge is 0.314 e. The van der Waals surface area contributed by atoms with Crippen molar-refractivity contribution in [2.45, 2.75) is 31.6 Å². The standard InChI is InChI=1S/C12H19F2N3O2/c13-12(14)3-6-16(7-4-12)10(18)9-2-1-5-17(8-9)11(15)19/h9H,1-8H2,(H2,15,19). The zero-order valence-corrected chi connectivity index (χ0v) is 10.8. The van der Waals surface area contributed by atoms with Gasteiger partial charge in [0.1, 0.15) is 0 Å². The average molecular weight is 275 g/mol. The van der Waals surface area contributed by atoms with Crippen LogP contribution in [0.2, 0.25) is 0 Å². The molecule has 2 aliphatic rings. The molecule has 108 valence electrons. The van der Waals surface area contributed by atoms with Crippen LogP contribution < -0.4 is 5.73 Å². The fourth-order valence-corrected chi connectivity index (χ4v) is 2.69. The first-order valence-electron chi connectivity index (χ1n) is 6.60. The summed E-state index contributed by atoms with van der Waals surface area (Å²) < 4.78 is 26.1. The first-order chi connectivity index (χ1) is 8.89. The van der Waals surface area contributed by atoms with Crippen molar-refractivity contribution in [3.05, 3.63) is 0 Å². The van der Waals surface area contributed by atoms with Crippen molar-refractivity contribution < 1.29 is 18.4 Å². The number of likely N-dealkylation sites (tertiary alicyclic amines) is 2. The van der Waals surface area contributed by atoms with Crippen molar-refractivity contribution >= 4 is 11.9 Å². The normalized spacial score (nSPS) is 27.2. The summed E-state index contributed by atoms with van der Waals surface area (Å²) in [7, 11) is 0. The second kappa shape index (κ2) is 5.30.